The van der Waals surface area contributed by atoms with Gasteiger partial charge in [0.1, 0.15) is 5.70 Å². The zero-order chi connectivity index (χ0) is 20.0. The van der Waals surface area contributed by atoms with Gasteiger partial charge in [-0.05, 0) is 49.9 Å². The Morgan fingerprint density at radius 1 is 1.11 bits per heavy atom. The number of rotatable bonds is 3. The van der Waals surface area contributed by atoms with Gasteiger partial charge >= 0.3 is 0 Å². The molecule has 146 valence electrons. The van der Waals surface area contributed by atoms with Gasteiger partial charge in [0.15, 0.2) is 0 Å². The lowest BCUT2D eigenvalue weighted by molar-refractivity contribution is -0.121. The molecule has 7 heteroatoms. The van der Waals surface area contributed by atoms with Crippen molar-refractivity contribution < 1.29 is 14.3 Å². The molecule has 2 aliphatic heterocycles. The SMILES string of the molecule is Cc1ccc(Cl)cc1N1C(=O)C(c2cccs2)=C(N2CC(C)OC(C)C2)C1=O. The van der Waals surface area contributed by atoms with Crippen LogP contribution in [0.3, 0.4) is 0 Å². The molecule has 0 aliphatic carbocycles. The molecule has 1 aromatic carbocycles. The van der Waals surface area contributed by atoms with Crippen LogP contribution in [0.4, 0.5) is 5.69 Å². The number of imide groups is 1. The quantitative estimate of drug-likeness (QED) is 0.707. The Morgan fingerprint density at radius 2 is 1.82 bits per heavy atom. The molecule has 0 spiro atoms. The molecule has 5 nitrogen and oxygen atoms in total. The number of benzene rings is 1. The molecule has 4 rings (SSSR count). The molecule has 0 bridgehead atoms. The van der Waals surface area contributed by atoms with E-state index < -0.39 is 0 Å². The molecule has 2 unspecified atom stereocenters. The first-order valence-corrected chi connectivity index (χ1v) is 10.5. The Morgan fingerprint density at radius 3 is 2.46 bits per heavy atom. The van der Waals surface area contributed by atoms with Crippen molar-refractivity contribution in [2.24, 2.45) is 0 Å². The van der Waals surface area contributed by atoms with Crippen molar-refractivity contribution in [1.82, 2.24) is 4.90 Å². The first kappa shape index (κ1) is 19.2. The molecule has 1 aromatic heterocycles. The van der Waals surface area contributed by atoms with Gasteiger partial charge in [-0.2, -0.15) is 0 Å². The third-order valence-corrected chi connectivity index (χ3v) is 6.10. The van der Waals surface area contributed by atoms with Crippen LogP contribution in [0, 0.1) is 6.92 Å². The minimum atomic E-state index is -0.306. The molecule has 0 radical (unpaired) electrons. The number of aryl methyl sites for hydroxylation is 1. The monoisotopic (exact) mass is 416 g/mol. The van der Waals surface area contributed by atoms with Gasteiger partial charge in [0.25, 0.3) is 11.8 Å². The lowest BCUT2D eigenvalue weighted by Gasteiger charge is -2.37. The van der Waals surface area contributed by atoms with Crippen molar-refractivity contribution in [3.8, 4) is 0 Å². The van der Waals surface area contributed by atoms with Crippen LogP contribution < -0.4 is 4.90 Å². The zero-order valence-corrected chi connectivity index (χ0v) is 17.5. The van der Waals surface area contributed by atoms with Crippen LogP contribution >= 0.6 is 22.9 Å². The van der Waals surface area contributed by atoms with E-state index in [1.165, 1.54) is 16.2 Å². The number of anilines is 1. The standard InChI is InChI=1S/C21H21ClN2O3S/c1-12-6-7-15(22)9-16(12)24-20(25)18(17-5-4-8-28-17)19(21(24)26)23-10-13(2)27-14(3)11-23/h4-9,13-14H,10-11H2,1-3H3. The fourth-order valence-corrected chi connectivity index (χ4v) is 4.79. The molecule has 1 saturated heterocycles. The average molecular weight is 417 g/mol. The van der Waals surface area contributed by atoms with Crippen LogP contribution in [0.5, 0.6) is 0 Å². The molecular weight excluding hydrogens is 396 g/mol. The molecule has 2 amide bonds. The van der Waals surface area contributed by atoms with E-state index in [0.717, 1.165) is 10.4 Å². The Balaban J connectivity index is 1.84. The van der Waals surface area contributed by atoms with E-state index in [1.807, 2.05) is 49.3 Å². The summed E-state index contributed by atoms with van der Waals surface area (Å²) in [5.41, 5.74) is 2.26. The van der Waals surface area contributed by atoms with Crippen molar-refractivity contribution in [3.05, 3.63) is 56.9 Å². The third-order valence-electron chi connectivity index (χ3n) is 4.97. The number of ether oxygens (including phenoxy) is 1. The van der Waals surface area contributed by atoms with Gasteiger partial charge in [0, 0.05) is 23.0 Å². The van der Waals surface area contributed by atoms with Crippen LogP contribution in [0.25, 0.3) is 5.57 Å². The highest BCUT2D eigenvalue weighted by Gasteiger charge is 2.44. The van der Waals surface area contributed by atoms with Crippen molar-refractivity contribution in [1.29, 1.82) is 0 Å². The van der Waals surface area contributed by atoms with E-state index in [4.69, 9.17) is 16.3 Å². The third kappa shape index (κ3) is 3.26. The Bertz CT molecular complexity index is 960. The van der Waals surface area contributed by atoms with E-state index in [0.29, 0.717) is 35.1 Å². The fraction of sp³-hybridized carbons (Fsp3) is 0.333. The van der Waals surface area contributed by atoms with Crippen LogP contribution in [0.1, 0.15) is 24.3 Å². The van der Waals surface area contributed by atoms with Gasteiger partial charge in [-0.1, -0.05) is 23.7 Å². The van der Waals surface area contributed by atoms with Crippen molar-refractivity contribution in [2.45, 2.75) is 33.0 Å². The maximum atomic E-state index is 13.5. The normalized spacial score (nSPS) is 23.1. The first-order chi connectivity index (χ1) is 13.4. The van der Waals surface area contributed by atoms with E-state index >= 15 is 0 Å². The molecule has 2 aliphatic rings. The summed E-state index contributed by atoms with van der Waals surface area (Å²) in [5.74, 6) is -0.611. The summed E-state index contributed by atoms with van der Waals surface area (Å²) in [7, 11) is 0. The van der Waals surface area contributed by atoms with E-state index in [-0.39, 0.29) is 24.0 Å². The van der Waals surface area contributed by atoms with Crippen molar-refractivity contribution in [2.75, 3.05) is 18.0 Å². The van der Waals surface area contributed by atoms with Gasteiger partial charge in [0.05, 0.1) is 23.5 Å². The lowest BCUT2D eigenvalue weighted by Crippen LogP contribution is -2.47. The average Bonchev–Trinajstić information content (AvgIpc) is 3.23. The van der Waals surface area contributed by atoms with Crippen molar-refractivity contribution in [3.63, 3.8) is 0 Å². The van der Waals surface area contributed by atoms with Gasteiger partial charge in [-0.25, -0.2) is 4.90 Å². The number of amides is 2. The summed E-state index contributed by atoms with van der Waals surface area (Å²) < 4.78 is 5.82. The highest BCUT2D eigenvalue weighted by molar-refractivity contribution is 7.11. The second-order valence-corrected chi connectivity index (χ2v) is 8.62. The summed E-state index contributed by atoms with van der Waals surface area (Å²) in [6.07, 6.45) is -0.0450. The molecule has 3 heterocycles. The Hall–Kier alpha value is -2.15. The second-order valence-electron chi connectivity index (χ2n) is 7.24. The van der Waals surface area contributed by atoms with Gasteiger partial charge < -0.3 is 9.64 Å². The summed E-state index contributed by atoms with van der Waals surface area (Å²) in [6, 6.07) is 9.02. The summed E-state index contributed by atoms with van der Waals surface area (Å²) >= 11 is 7.62. The van der Waals surface area contributed by atoms with Gasteiger partial charge in [0.2, 0.25) is 0 Å². The zero-order valence-electron chi connectivity index (χ0n) is 15.9. The van der Waals surface area contributed by atoms with Crippen LogP contribution in [0.2, 0.25) is 5.02 Å². The summed E-state index contributed by atoms with van der Waals surface area (Å²) in [6.45, 7) is 6.96. The Labute approximate surface area is 173 Å². The molecule has 0 N–H and O–H groups in total. The maximum absolute atomic E-state index is 13.5. The maximum Gasteiger partial charge on any atom is 0.282 e. The second kappa shape index (κ2) is 7.35. The van der Waals surface area contributed by atoms with Crippen molar-refractivity contribution >= 4 is 46.0 Å². The minimum Gasteiger partial charge on any atom is -0.372 e. The van der Waals surface area contributed by atoms with Gasteiger partial charge in [-0.3, -0.25) is 9.59 Å². The summed E-state index contributed by atoms with van der Waals surface area (Å²) in [4.78, 5) is 31.0. The highest BCUT2D eigenvalue weighted by atomic mass is 35.5. The highest BCUT2D eigenvalue weighted by Crippen LogP contribution is 2.39. The Kier molecular flexibility index (Phi) is 5.04. The van der Waals surface area contributed by atoms with E-state index in [9.17, 15) is 9.59 Å². The van der Waals surface area contributed by atoms with E-state index in [2.05, 4.69) is 0 Å². The smallest absolute Gasteiger partial charge is 0.282 e. The number of thiophene rings is 1. The predicted octanol–water partition coefficient (Wildman–Crippen LogP) is 4.10. The number of morpholine rings is 1. The number of carbonyl (C=O) groups is 2. The number of carbonyl (C=O) groups excluding carboxylic acids is 2. The molecule has 2 aromatic rings. The lowest BCUT2D eigenvalue weighted by atomic mass is 10.1. The largest absolute Gasteiger partial charge is 0.372 e. The minimum absolute atomic E-state index is 0.0225. The molecule has 2 atom stereocenters. The van der Waals surface area contributed by atoms with Crippen LogP contribution in [-0.2, 0) is 14.3 Å². The van der Waals surface area contributed by atoms with Crippen LogP contribution in [0.15, 0.2) is 41.4 Å². The number of halogens is 1. The molecule has 1 fully saturated rings. The first-order valence-electron chi connectivity index (χ1n) is 9.20. The summed E-state index contributed by atoms with van der Waals surface area (Å²) in [5, 5.41) is 2.40. The number of hydrogen-bond donors (Lipinski definition) is 0. The fourth-order valence-electron chi connectivity index (χ4n) is 3.86. The predicted molar refractivity (Wildman–Crippen MR) is 112 cm³/mol. The molecule has 0 saturated carbocycles. The van der Waals surface area contributed by atoms with Gasteiger partial charge in [-0.15, -0.1) is 11.3 Å². The number of nitrogens with zero attached hydrogens (tertiary/aromatic N) is 2. The topological polar surface area (TPSA) is 49.9 Å². The van der Waals surface area contributed by atoms with Crippen LogP contribution in [-0.4, -0.2) is 42.0 Å². The molecule has 28 heavy (non-hydrogen) atoms. The number of hydrogen-bond acceptors (Lipinski definition) is 5. The molecular formula is C21H21ClN2O3S. The van der Waals surface area contributed by atoms with E-state index in [1.54, 1.807) is 12.1 Å².